The van der Waals surface area contributed by atoms with Crippen LogP contribution in [0.25, 0.3) is 0 Å². The fourth-order valence-electron chi connectivity index (χ4n) is 4.95. The second-order valence-electron chi connectivity index (χ2n) is 9.27. The Morgan fingerprint density at radius 2 is 1.48 bits per heavy atom. The number of hydrogen-bond donors (Lipinski definition) is 1. The fourth-order valence-corrected chi connectivity index (χ4v) is 6.52. The maximum absolute atomic E-state index is 12.9. The van der Waals surface area contributed by atoms with Gasteiger partial charge < -0.3 is 5.32 Å². The van der Waals surface area contributed by atoms with Crippen molar-refractivity contribution in [3.05, 3.63) is 71.8 Å². The van der Waals surface area contributed by atoms with Crippen LogP contribution >= 0.6 is 0 Å². The number of hydrogen-bond acceptors (Lipinski definition) is 4. The molecule has 0 radical (unpaired) electrons. The Morgan fingerprint density at radius 1 is 0.848 bits per heavy atom. The normalized spacial score (nSPS) is 21.0. The predicted octanol–water partition coefficient (Wildman–Crippen LogP) is 3.40. The monoisotopic (exact) mass is 469 g/mol. The lowest BCUT2D eigenvalue weighted by molar-refractivity contribution is -0.126. The number of benzene rings is 2. The summed E-state index contributed by atoms with van der Waals surface area (Å²) in [5.41, 5.74) is 2.10. The number of likely N-dealkylation sites (tertiary alicyclic amines) is 1. The van der Waals surface area contributed by atoms with Gasteiger partial charge in [-0.25, -0.2) is 12.7 Å². The highest BCUT2D eigenvalue weighted by molar-refractivity contribution is 7.88. The summed E-state index contributed by atoms with van der Waals surface area (Å²) in [6.45, 7) is 3.47. The zero-order valence-corrected chi connectivity index (χ0v) is 20.1. The summed E-state index contributed by atoms with van der Waals surface area (Å²) in [6, 6.07) is 20.1. The number of rotatable bonds is 8. The van der Waals surface area contributed by atoms with Crippen LogP contribution in [0.3, 0.4) is 0 Å². The predicted molar refractivity (Wildman–Crippen MR) is 131 cm³/mol. The molecule has 33 heavy (non-hydrogen) atoms. The van der Waals surface area contributed by atoms with Gasteiger partial charge in [-0.15, -0.1) is 0 Å². The first-order valence-electron chi connectivity index (χ1n) is 12.1. The van der Waals surface area contributed by atoms with E-state index >= 15 is 0 Å². The number of piperidine rings is 2. The molecule has 1 atom stereocenters. The van der Waals surface area contributed by atoms with E-state index < -0.39 is 10.0 Å². The third kappa shape index (κ3) is 6.65. The van der Waals surface area contributed by atoms with E-state index in [-0.39, 0.29) is 17.6 Å². The highest BCUT2D eigenvalue weighted by atomic mass is 32.2. The molecule has 6 nitrogen and oxygen atoms in total. The third-order valence-corrected chi connectivity index (χ3v) is 8.75. The largest absolute Gasteiger partial charge is 0.354 e. The zero-order valence-electron chi connectivity index (χ0n) is 19.2. The Balaban J connectivity index is 1.25. The van der Waals surface area contributed by atoms with E-state index in [1.54, 1.807) is 4.31 Å². The van der Waals surface area contributed by atoms with E-state index in [4.69, 9.17) is 0 Å². The molecule has 0 spiro atoms. The average molecular weight is 470 g/mol. The van der Waals surface area contributed by atoms with Crippen molar-refractivity contribution in [2.24, 2.45) is 5.92 Å². The lowest BCUT2D eigenvalue weighted by atomic mass is 9.96. The van der Waals surface area contributed by atoms with Crippen molar-refractivity contribution in [1.82, 2.24) is 14.5 Å². The Bertz CT molecular complexity index is 990. The van der Waals surface area contributed by atoms with Gasteiger partial charge in [0.15, 0.2) is 0 Å². The van der Waals surface area contributed by atoms with Gasteiger partial charge in [-0.1, -0.05) is 67.1 Å². The molecule has 0 bridgehead atoms. The van der Waals surface area contributed by atoms with Gasteiger partial charge in [-0.3, -0.25) is 9.69 Å². The van der Waals surface area contributed by atoms with E-state index in [2.05, 4.69) is 34.5 Å². The summed E-state index contributed by atoms with van der Waals surface area (Å²) < 4.78 is 27.1. The number of amides is 1. The lowest BCUT2D eigenvalue weighted by Crippen LogP contribution is -2.48. The van der Waals surface area contributed by atoms with Crippen LogP contribution in [0.4, 0.5) is 0 Å². The smallest absolute Gasteiger partial charge is 0.223 e. The van der Waals surface area contributed by atoms with E-state index in [0.29, 0.717) is 38.5 Å². The fraction of sp³-hybridized carbons (Fsp3) is 0.500. The summed E-state index contributed by atoms with van der Waals surface area (Å²) in [7, 11) is -3.36. The van der Waals surface area contributed by atoms with Crippen molar-refractivity contribution >= 4 is 15.9 Å². The van der Waals surface area contributed by atoms with E-state index in [9.17, 15) is 13.2 Å². The van der Waals surface area contributed by atoms with Crippen molar-refractivity contribution in [2.45, 2.75) is 50.4 Å². The minimum absolute atomic E-state index is 0.0175. The molecule has 2 aromatic rings. The van der Waals surface area contributed by atoms with Crippen LogP contribution in [0.1, 0.15) is 43.2 Å². The van der Waals surface area contributed by atoms with Gasteiger partial charge in [0.1, 0.15) is 0 Å². The summed E-state index contributed by atoms with van der Waals surface area (Å²) >= 11 is 0. The molecule has 2 saturated heterocycles. The third-order valence-electron chi connectivity index (χ3n) is 6.90. The van der Waals surface area contributed by atoms with Crippen LogP contribution in [-0.4, -0.2) is 55.8 Å². The van der Waals surface area contributed by atoms with Crippen LogP contribution in [0.5, 0.6) is 0 Å². The molecule has 0 aromatic heterocycles. The minimum atomic E-state index is -3.36. The second-order valence-corrected chi connectivity index (χ2v) is 11.2. The first-order chi connectivity index (χ1) is 16.0. The molecule has 2 heterocycles. The second kappa shape index (κ2) is 11.3. The molecular weight excluding hydrogens is 434 g/mol. The van der Waals surface area contributed by atoms with Crippen LogP contribution in [0, 0.1) is 5.92 Å². The molecule has 2 aliphatic rings. The first kappa shape index (κ1) is 23.9. The van der Waals surface area contributed by atoms with Crippen molar-refractivity contribution in [1.29, 1.82) is 0 Å². The zero-order chi connectivity index (χ0) is 23.1. The molecule has 2 fully saturated rings. The summed E-state index contributed by atoms with van der Waals surface area (Å²) in [5.74, 6) is -0.0245. The van der Waals surface area contributed by atoms with Gasteiger partial charge in [-0.05, 0) is 43.4 Å². The molecule has 7 heteroatoms. The molecule has 1 amide bonds. The van der Waals surface area contributed by atoms with Gasteiger partial charge in [-0.2, -0.15) is 0 Å². The number of carbonyl (C=O) groups is 1. The van der Waals surface area contributed by atoms with E-state index in [1.165, 1.54) is 18.4 Å². The SMILES string of the molecule is O=C(NCC1CCCCN1Cc1ccccc1)C1CCN(S(=O)(=O)Cc2ccccc2)CC1. The molecule has 178 valence electrons. The van der Waals surface area contributed by atoms with Gasteiger partial charge in [0.05, 0.1) is 5.75 Å². The number of sulfonamides is 1. The van der Waals surface area contributed by atoms with Crippen LogP contribution in [0.2, 0.25) is 0 Å². The van der Waals surface area contributed by atoms with Crippen molar-refractivity contribution in [3.8, 4) is 0 Å². The highest BCUT2D eigenvalue weighted by Gasteiger charge is 2.32. The van der Waals surface area contributed by atoms with Gasteiger partial charge in [0.2, 0.25) is 15.9 Å². The molecule has 1 unspecified atom stereocenters. The Kier molecular flexibility index (Phi) is 8.17. The Hall–Kier alpha value is -2.22. The maximum Gasteiger partial charge on any atom is 0.223 e. The lowest BCUT2D eigenvalue weighted by Gasteiger charge is -2.36. The molecular formula is C26H35N3O3S. The number of nitrogens with zero attached hydrogens (tertiary/aromatic N) is 2. The minimum Gasteiger partial charge on any atom is -0.354 e. The molecule has 2 aromatic carbocycles. The summed E-state index contributed by atoms with van der Waals surface area (Å²) in [4.78, 5) is 15.3. The van der Waals surface area contributed by atoms with Crippen molar-refractivity contribution < 1.29 is 13.2 Å². The molecule has 4 rings (SSSR count). The van der Waals surface area contributed by atoms with Gasteiger partial charge in [0, 0.05) is 38.1 Å². The summed E-state index contributed by atoms with van der Waals surface area (Å²) in [5, 5.41) is 3.18. The average Bonchev–Trinajstić information content (AvgIpc) is 2.84. The van der Waals surface area contributed by atoms with Crippen molar-refractivity contribution in [3.63, 3.8) is 0 Å². The van der Waals surface area contributed by atoms with E-state index in [1.807, 2.05) is 36.4 Å². The first-order valence-corrected chi connectivity index (χ1v) is 13.7. The van der Waals surface area contributed by atoms with Gasteiger partial charge >= 0.3 is 0 Å². The standard InChI is InChI=1S/C26H35N3O3S/c30-26(27-19-25-13-7-8-16-28(25)20-22-9-3-1-4-10-22)24-14-17-29(18-15-24)33(31,32)21-23-11-5-2-6-12-23/h1-6,9-12,24-25H,7-8,13-21H2,(H,27,30). The summed E-state index contributed by atoms with van der Waals surface area (Å²) in [6.07, 6.45) is 4.66. The quantitative estimate of drug-likeness (QED) is 0.643. The number of nitrogens with one attached hydrogen (secondary N) is 1. The van der Waals surface area contributed by atoms with Crippen LogP contribution in [0.15, 0.2) is 60.7 Å². The van der Waals surface area contributed by atoms with Gasteiger partial charge in [0.25, 0.3) is 0 Å². The Labute approximate surface area is 198 Å². The molecule has 2 aliphatic heterocycles. The van der Waals surface area contributed by atoms with Crippen molar-refractivity contribution in [2.75, 3.05) is 26.2 Å². The highest BCUT2D eigenvalue weighted by Crippen LogP contribution is 2.23. The topological polar surface area (TPSA) is 69.7 Å². The number of carbonyl (C=O) groups excluding carboxylic acids is 1. The maximum atomic E-state index is 12.9. The molecule has 1 N–H and O–H groups in total. The van der Waals surface area contributed by atoms with Crippen LogP contribution in [-0.2, 0) is 27.1 Å². The molecule has 0 saturated carbocycles. The molecule has 0 aliphatic carbocycles. The van der Waals surface area contributed by atoms with Crippen LogP contribution < -0.4 is 5.32 Å². The van der Waals surface area contributed by atoms with E-state index in [0.717, 1.165) is 25.1 Å². The Morgan fingerprint density at radius 3 is 2.15 bits per heavy atom.